The lowest BCUT2D eigenvalue weighted by Crippen LogP contribution is -2.49. The summed E-state index contributed by atoms with van der Waals surface area (Å²) in [5.41, 5.74) is 10.7. The lowest BCUT2D eigenvalue weighted by atomic mass is 9.98. The molecule has 16 heavy (non-hydrogen) atoms. The standard InChI is InChI=1S/C9H16N2O5/c10-9(11)5-1-3-7(12)14-16-15-8(13)4-2-6-9/h1-6,10-11H2. The van der Waals surface area contributed by atoms with Crippen molar-refractivity contribution in [3.63, 3.8) is 0 Å². The number of rotatable bonds is 0. The normalized spacial score (nSPS) is 23.6. The van der Waals surface area contributed by atoms with Gasteiger partial charge in [-0.05, 0) is 25.7 Å². The zero-order valence-corrected chi connectivity index (χ0v) is 8.94. The Kier molecular flexibility index (Phi) is 4.66. The highest BCUT2D eigenvalue weighted by Gasteiger charge is 2.21. The smallest absolute Gasteiger partial charge is 0.313 e. The van der Waals surface area contributed by atoms with Crippen molar-refractivity contribution in [3.05, 3.63) is 0 Å². The maximum atomic E-state index is 11.0. The zero-order chi connectivity index (χ0) is 12.0. The second-order valence-electron chi connectivity index (χ2n) is 3.92. The third-order valence-electron chi connectivity index (χ3n) is 2.30. The minimum Gasteiger partial charge on any atom is -0.313 e. The minimum atomic E-state index is -0.861. The van der Waals surface area contributed by atoms with E-state index in [-0.39, 0.29) is 12.8 Å². The molecule has 0 radical (unpaired) electrons. The van der Waals surface area contributed by atoms with Crippen LogP contribution < -0.4 is 11.5 Å². The molecule has 0 aliphatic carbocycles. The zero-order valence-electron chi connectivity index (χ0n) is 8.94. The summed E-state index contributed by atoms with van der Waals surface area (Å²) >= 11 is 0. The number of carbonyl (C=O) groups is 2. The van der Waals surface area contributed by atoms with Crippen LogP contribution in [0, 0.1) is 0 Å². The largest absolute Gasteiger partial charge is 0.346 e. The van der Waals surface area contributed by atoms with Crippen LogP contribution in [0.15, 0.2) is 0 Å². The van der Waals surface area contributed by atoms with Crippen molar-refractivity contribution in [2.24, 2.45) is 11.5 Å². The molecule has 1 fully saturated rings. The van der Waals surface area contributed by atoms with Crippen LogP contribution in [0.3, 0.4) is 0 Å². The topological polar surface area (TPSA) is 114 Å². The molecule has 0 amide bonds. The molecule has 7 heteroatoms. The molecule has 4 N–H and O–H groups in total. The molecule has 1 saturated heterocycles. The summed E-state index contributed by atoms with van der Waals surface area (Å²) in [7, 11) is 0. The molecular weight excluding hydrogens is 216 g/mol. The highest BCUT2D eigenvalue weighted by molar-refractivity contribution is 5.69. The Morgan fingerprint density at radius 3 is 1.81 bits per heavy atom. The van der Waals surface area contributed by atoms with Gasteiger partial charge in [0.05, 0.1) is 5.66 Å². The highest BCUT2D eigenvalue weighted by atomic mass is 17.5. The van der Waals surface area contributed by atoms with Gasteiger partial charge < -0.3 is 11.5 Å². The van der Waals surface area contributed by atoms with Crippen LogP contribution >= 0.6 is 0 Å². The molecule has 0 saturated carbocycles. The molecule has 0 unspecified atom stereocenters. The van der Waals surface area contributed by atoms with E-state index in [9.17, 15) is 9.59 Å². The van der Waals surface area contributed by atoms with E-state index in [0.717, 1.165) is 0 Å². The van der Waals surface area contributed by atoms with Gasteiger partial charge in [-0.25, -0.2) is 9.59 Å². The monoisotopic (exact) mass is 232 g/mol. The van der Waals surface area contributed by atoms with Gasteiger partial charge in [-0.3, -0.25) is 9.78 Å². The third-order valence-corrected chi connectivity index (χ3v) is 2.30. The minimum absolute atomic E-state index is 0.119. The van der Waals surface area contributed by atoms with Crippen LogP contribution in [0.25, 0.3) is 0 Å². The van der Waals surface area contributed by atoms with Gasteiger partial charge in [-0.15, -0.1) is 0 Å². The molecule has 7 nitrogen and oxygen atoms in total. The van der Waals surface area contributed by atoms with Crippen molar-refractivity contribution < 1.29 is 24.4 Å². The first-order chi connectivity index (χ1) is 7.49. The van der Waals surface area contributed by atoms with Crippen molar-refractivity contribution >= 4 is 11.9 Å². The SMILES string of the molecule is NC1(N)CCCC(=O)OOOC(=O)CCC1. The third kappa shape index (κ3) is 5.06. The Bertz CT molecular complexity index is 243. The van der Waals surface area contributed by atoms with E-state index in [1.54, 1.807) is 0 Å². The van der Waals surface area contributed by atoms with E-state index in [1.807, 2.05) is 0 Å². The Balaban J connectivity index is 2.48. The summed E-state index contributed by atoms with van der Waals surface area (Å²) in [5.74, 6) is -1.24. The summed E-state index contributed by atoms with van der Waals surface area (Å²) in [6.07, 6.45) is 2.21. The van der Waals surface area contributed by atoms with Gasteiger partial charge in [0.1, 0.15) is 0 Å². The van der Waals surface area contributed by atoms with Gasteiger partial charge in [-0.2, -0.15) is 0 Å². The summed E-state index contributed by atoms with van der Waals surface area (Å²) in [6, 6.07) is 0. The van der Waals surface area contributed by atoms with E-state index in [4.69, 9.17) is 11.5 Å². The van der Waals surface area contributed by atoms with Crippen molar-refractivity contribution in [3.8, 4) is 0 Å². The van der Waals surface area contributed by atoms with E-state index in [0.29, 0.717) is 25.7 Å². The van der Waals surface area contributed by atoms with Gasteiger partial charge in [0.15, 0.2) is 0 Å². The van der Waals surface area contributed by atoms with Crippen LogP contribution in [-0.4, -0.2) is 17.6 Å². The number of hydrogen-bond acceptors (Lipinski definition) is 7. The van der Waals surface area contributed by atoms with Crippen LogP contribution in [-0.2, 0) is 24.4 Å². The summed E-state index contributed by atoms with van der Waals surface area (Å²) in [6.45, 7) is 0. The van der Waals surface area contributed by atoms with Crippen LogP contribution in [0.4, 0.5) is 0 Å². The fraction of sp³-hybridized carbons (Fsp3) is 0.778. The van der Waals surface area contributed by atoms with Gasteiger partial charge in [-0.1, -0.05) is 0 Å². The van der Waals surface area contributed by atoms with Gasteiger partial charge in [0.2, 0.25) is 0 Å². The highest BCUT2D eigenvalue weighted by Crippen LogP contribution is 2.15. The van der Waals surface area contributed by atoms with E-state index < -0.39 is 17.6 Å². The molecule has 1 aliphatic heterocycles. The second-order valence-corrected chi connectivity index (χ2v) is 3.92. The fourth-order valence-corrected chi connectivity index (χ4v) is 1.42. The predicted octanol–water partition coefficient (Wildman–Crippen LogP) is -0.113. The van der Waals surface area contributed by atoms with E-state index >= 15 is 0 Å². The van der Waals surface area contributed by atoms with E-state index in [1.165, 1.54) is 0 Å². The predicted molar refractivity (Wildman–Crippen MR) is 52.1 cm³/mol. The molecule has 0 aromatic rings. The molecule has 1 heterocycles. The molecule has 0 aromatic carbocycles. The molecule has 0 aromatic heterocycles. The lowest BCUT2D eigenvalue weighted by molar-refractivity contribution is -0.459. The molecule has 0 spiro atoms. The second kappa shape index (κ2) is 5.78. The van der Waals surface area contributed by atoms with Crippen LogP contribution in [0.1, 0.15) is 38.5 Å². The Labute approximate surface area is 92.9 Å². The van der Waals surface area contributed by atoms with Gasteiger partial charge in [0, 0.05) is 17.9 Å². The number of nitrogens with two attached hydrogens (primary N) is 2. The van der Waals surface area contributed by atoms with Gasteiger partial charge in [0.25, 0.3) is 0 Å². The average molecular weight is 232 g/mol. The van der Waals surface area contributed by atoms with E-state index in [2.05, 4.69) is 14.8 Å². The maximum absolute atomic E-state index is 11.0. The van der Waals surface area contributed by atoms with Crippen molar-refractivity contribution in [2.75, 3.05) is 0 Å². The average Bonchev–Trinajstić information content (AvgIpc) is 2.15. The number of carbonyl (C=O) groups excluding carboxylic acids is 2. The molecule has 1 rings (SSSR count). The quantitative estimate of drug-likeness (QED) is 0.442. The molecule has 0 atom stereocenters. The maximum Gasteiger partial charge on any atom is 0.346 e. The van der Waals surface area contributed by atoms with Crippen molar-refractivity contribution in [1.29, 1.82) is 0 Å². The Hall–Kier alpha value is -1.18. The van der Waals surface area contributed by atoms with Crippen molar-refractivity contribution in [1.82, 2.24) is 0 Å². The fourth-order valence-electron chi connectivity index (χ4n) is 1.42. The summed E-state index contributed by atoms with van der Waals surface area (Å²) in [5, 5.41) is 4.02. The van der Waals surface area contributed by atoms with Crippen LogP contribution in [0.5, 0.6) is 0 Å². The van der Waals surface area contributed by atoms with Crippen LogP contribution in [0.2, 0.25) is 0 Å². The molecular formula is C9H16N2O5. The summed E-state index contributed by atoms with van der Waals surface area (Å²) in [4.78, 5) is 30.4. The Morgan fingerprint density at radius 1 is 0.938 bits per heavy atom. The van der Waals surface area contributed by atoms with Gasteiger partial charge >= 0.3 is 11.9 Å². The first-order valence-electron chi connectivity index (χ1n) is 5.14. The molecule has 92 valence electrons. The lowest BCUT2D eigenvalue weighted by Gasteiger charge is -2.24. The van der Waals surface area contributed by atoms with Crippen molar-refractivity contribution in [2.45, 2.75) is 44.2 Å². The Morgan fingerprint density at radius 2 is 1.38 bits per heavy atom. The molecule has 1 aliphatic rings. The first-order valence-corrected chi connectivity index (χ1v) is 5.14. The summed E-state index contributed by atoms with van der Waals surface area (Å²) < 4.78 is 0. The number of hydrogen-bond donors (Lipinski definition) is 2. The molecule has 0 bridgehead atoms. The first kappa shape index (κ1) is 12.9.